The quantitative estimate of drug-likeness (QED) is 0.420. The normalized spacial score (nSPS) is 11.2. The molecule has 0 bridgehead atoms. The summed E-state index contributed by atoms with van der Waals surface area (Å²) >= 11 is 0. The van der Waals surface area contributed by atoms with Crippen LogP contribution in [0.3, 0.4) is 0 Å². The molecule has 3 rings (SSSR count). The summed E-state index contributed by atoms with van der Waals surface area (Å²) in [4.78, 5) is 24.7. The van der Waals surface area contributed by atoms with Gasteiger partial charge in [0.15, 0.2) is 6.10 Å². The number of benzene rings is 3. The molecule has 3 aromatic rings. The minimum Gasteiger partial charge on any atom is -0.508 e. The Kier molecular flexibility index (Phi) is 6.79. The number of aryl methyl sites for hydroxylation is 1. The van der Waals surface area contributed by atoms with E-state index in [4.69, 9.17) is 10.00 Å². The van der Waals surface area contributed by atoms with E-state index in [1.807, 2.05) is 0 Å². The average molecular weight is 449 g/mol. The first-order valence-corrected chi connectivity index (χ1v) is 9.79. The Balaban J connectivity index is 1.64. The molecule has 0 aliphatic carbocycles. The van der Waals surface area contributed by atoms with Crippen LogP contribution in [0.1, 0.15) is 28.4 Å². The highest BCUT2D eigenvalue weighted by molar-refractivity contribution is 6.05. The van der Waals surface area contributed by atoms with E-state index in [1.54, 1.807) is 26.0 Å². The number of hydrogen-bond donors (Lipinski definition) is 4. The zero-order chi connectivity index (χ0) is 24.1. The smallest absolute Gasteiger partial charge is 0.265 e. The van der Waals surface area contributed by atoms with Crippen LogP contribution in [-0.4, -0.2) is 28.1 Å². The van der Waals surface area contributed by atoms with E-state index in [0.29, 0.717) is 11.3 Å². The molecule has 0 heterocycles. The van der Waals surface area contributed by atoms with E-state index in [-0.39, 0.29) is 34.0 Å². The number of amides is 2. The van der Waals surface area contributed by atoms with Crippen molar-refractivity contribution in [3.63, 3.8) is 0 Å². The van der Waals surface area contributed by atoms with Crippen LogP contribution in [0.5, 0.6) is 17.2 Å². The van der Waals surface area contributed by atoms with Crippen LogP contribution in [0.15, 0.2) is 54.6 Å². The number of anilines is 2. The number of hydrogen-bond acceptors (Lipinski definition) is 6. The lowest BCUT2D eigenvalue weighted by Crippen LogP contribution is -2.30. The molecule has 0 spiro atoms. The van der Waals surface area contributed by atoms with Gasteiger partial charge >= 0.3 is 0 Å². The van der Waals surface area contributed by atoms with Gasteiger partial charge in [-0.05, 0) is 67.9 Å². The number of halogens is 1. The molecule has 9 heteroatoms. The van der Waals surface area contributed by atoms with E-state index < -0.39 is 23.7 Å². The lowest BCUT2D eigenvalue weighted by molar-refractivity contribution is -0.122. The molecule has 0 aliphatic heterocycles. The number of phenolic OH excluding ortho intramolecular Hbond substituents is 2. The molecule has 2 amide bonds. The Morgan fingerprint density at radius 2 is 1.79 bits per heavy atom. The van der Waals surface area contributed by atoms with Gasteiger partial charge < -0.3 is 25.6 Å². The topological polar surface area (TPSA) is 132 Å². The van der Waals surface area contributed by atoms with Gasteiger partial charge in [-0.3, -0.25) is 9.59 Å². The molecular formula is C24H20FN3O5. The predicted octanol–water partition coefficient (Wildman–Crippen LogP) is 4.08. The maximum Gasteiger partial charge on any atom is 0.265 e. The summed E-state index contributed by atoms with van der Waals surface area (Å²) in [7, 11) is 0. The van der Waals surface area contributed by atoms with Gasteiger partial charge in [-0.25, -0.2) is 4.39 Å². The van der Waals surface area contributed by atoms with Crippen LogP contribution in [0.25, 0.3) is 0 Å². The summed E-state index contributed by atoms with van der Waals surface area (Å²) in [5.74, 6) is -1.79. The standard InChI is InChI=1S/C24H20FN3O5/c1-13-9-18(6-8-21(13)29)33-14(2)23(31)27-17-5-7-20(22(30)11-17)28-24(32)15-3-4-16(12-26)19(25)10-15/h3-11,14,29-30H,1-2H3,(H,27,31)(H,28,32). The van der Waals surface area contributed by atoms with Crippen LogP contribution in [0.4, 0.5) is 15.8 Å². The maximum atomic E-state index is 13.7. The van der Waals surface area contributed by atoms with Gasteiger partial charge in [0.2, 0.25) is 0 Å². The van der Waals surface area contributed by atoms with Crippen LogP contribution in [0.2, 0.25) is 0 Å². The van der Waals surface area contributed by atoms with Crippen molar-refractivity contribution in [2.24, 2.45) is 0 Å². The molecule has 0 radical (unpaired) electrons. The monoisotopic (exact) mass is 449 g/mol. The van der Waals surface area contributed by atoms with Crippen molar-refractivity contribution in [2.45, 2.75) is 20.0 Å². The van der Waals surface area contributed by atoms with Crippen LogP contribution in [0, 0.1) is 24.1 Å². The maximum absolute atomic E-state index is 13.7. The van der Waals surface area contributed by atoms with Gasteiger partial charge in [-0.2, -0.15) is 5.26 Å². The summed E-state index contributed by atoms with van der Waals surface area (Å²) in [5, 5.41) is 33.6. The Morgan fingerprint density at radius 1 is 1.03 bits per heavy atom. The number of nitrogens with zero attached hydrogens (tertiary/aromatic N) is 1. The summed E-state index contributed by atoms with van der Waals surface area (Å²) in [6, 6.07) is 13.7. The fourth-order valence-corrected chi connectivity index (χ4v) is 2.86. The molecule has 168 valence electrons. The van der Waals surface area contributed by atoms with Crippen molar-refractivity contribution in [1.29, 1.82) is 5.26 Å². The van der Waals surface area contributed by atoms with E-state index in [2.05, 4.69) is 10.6 Å². The SMILES string of the molecule is Cc1cc(OC(C)C(=O)Nc2ccc(NC(=O)c3ccc(C#N)c(F)c3)c(O)c2)ccc1O. The molecular weight excluding hydrogens is 429 g/mol. The molecule has 1 atom stereocenters. The summed E-state index contributed by atoms with van der Waals surface area (Å²) < 4.78 is 19.3. The van der Waals surface area contributed by atoms with E-state index in [1.165, 1.54) is 42.5 Å². The number of nitriles is 1. The highest BCUT2D eigenvalue weighted by Crippen LogP contribution is 2.28. The van der Waals surface area contributed by atoms with Crippen molar-refractivity contribution < 1.29 is 28.9 Å². The van der Waals surface area contributed by atoms with Crippen LogP contribution < -0.4 is 15.4 Å². The van der Waals surface area contributed by atoms with Gasteiger partial charge in [0.1, 0.15) is 29.1 Å². The molecule has 1 unspecified atom stereocenters. The second-order valence-corrected chi connectivity index (χ2v) is 7.19. The first kappa shape index (κ1) is 23.1. The number of ether oxygens (including phenoxy) is 1. The first-order chi connectivity index (χ1) is 15.7. The highest BCUT2D eigenvalue weighted by atomic mass is 19.1. The van der Waals surface area contributed by atoms with Crippen molar-refractivity contribution in [2.75, 3.05) is 10.6 Å². The van der Waals surface area contributed by atoms with E-state index in [9.17, 15) is 24.2 Å². The van der Waals surface area contributed by atoms with Gasteiger partial charge in [0.25, 0.3) is 11.8 Å². The number of phenols is 2. The Hall–Kier alpha value is -4.58. The zero-order valence-electron chi connectivity index (χ0n) is 17.7. The van der Waals surface area contributed by atoms with Gasteiger partial charge in [0, 0.05) is 17.3 Å². The second kappa shape index (κ2) is 9.70. The van der Waals surface area contributed by atoms with Gasteiger partial charge in [-0.1, -0.05) is 0 Å². The van der Waals surface area contributed by atoms with Gasteiger partial charge in [0.05, 0.1) is 11.3 Å². The molecule has 0 saturated carbocycles. The zero-order valence-corrected chi connectivity index (χ0v) is 17.7. The molecule has 33 heavy (non-hydrogen) atoms. The van der Waals surface area contributed by atoms with Crippen molar-refractivity contribution in [3.05, 3.63) is 77.1 Å². The minimum absolute atomic E-state index is 0.0290. The third-order valence-electron chi connectivity index (χ3n) is 4.72. The summed E-state index contributed by atoms with van der Waals surface area (Å²) in [6.45, 7) is 3.25. The molecule has 8 nitrogen and oxygen atoms in total. The number of aromatic hydroxyl groups is 2. The second-order valence-electron chi connectivity index (χ2n) is 7.19. The molecule has 3 aromatic carbocycles. The Labute approximate surface area is 188 Å². The number of nitrogens with one attached hydrogen (secondary N) is 2. The first-order valence-electron chi connectivity index (χ1n) is 9.79. The number of rotatable bonds is 6. The largest absolute Gasteiger partial charge is 0.508 e. The molecule has 0 saturated heterocycles. The minimum atomic E-state index is -0.873. The lowest BCUT2D eigenvalue weighted by Gasteiger charge is -2.16. The fourth-order valence-electron chi connectivity index (χ4n) is 2.86. The van der Waals surface area contributed by atoms with Gasteiger partial charge in [-0.15, -0.1) is 0 Å². The highest BCUT2D eigenvalue weighted by Gasteiger charge is 2.17. The summed E-state index contributed by atoms with van der Waals surface area (Å²) in [6.07, 6.45) is -0.873. The molecule has 0 fully saturated rings. The Bertz CT molecular complexity index is 1270. The van der Waals surface area contributed by atoms with Crippen molar-refractivity contribution >= 4 is 23.2 Å². The molecule has 0 aliphatic rings. The number of carbonyl (C=O) groups is 2. The van der Waals surface area contributed by atoms with E-state index in [0.717, 1.165) is 6.07 Å². The predicted molar refractivity (Wildman–Crippen MR) is 119 cm³/mol. The Morgan fingerprint density at radius 3 is 2.42 bits per heavy atom. The van der Waals surface area contributed by atoms with Crippen LogP contribution >= 0.6 is 0 Å². The van der Waals surface area contributed by atoms with E-state index >= 15 is 0 Å². The summed E-state index contributed by atoms with van der Waals surface area (Å²) in [5.41, 5.74) is 0.697. The molecule has 4 N–H and O–H groups in total. The van der Waals surface area contributed by atoms with Crippen LogP contribution in [-0.2, 0) is 4.79 Å². The third-order valence-corrected chi connectivity index (χ3v) is 4.72. The third kappa shape index (κ3) is 5.57. The average Bonchev–Trinajstić information content (AvgIpc) is 2.78. The fraction of sp³-hybridized carbons (Fsp3) is 0.125. The molecule has 0 aromatic heterocycles. The van der Waals surface area contributed by atoms with Crippen molar-refractivity contribution in [1.82, 2.24) is 0 Å². The van der Waals surface area contributed by atoms with Crippen molar-refractivity contribution in [3.8, 4) is 23.3 Å². The number of carbonyl (C=O) groups excluding carboxylic acids is 2. The lowest BCUT2D eigenvalue weighted by atomic mass is 10.1.